The monoisotopic (exact) mass is 757 g/mol. The maximum atomic E-state index is 6.98. The van der Waals surface area contributed by atoms with Crippen LogP contribution in [0.4, 0.5) is 0 Å². The molecule has 0 amide bonds. The van der Waals surface area contributed by atoms with Crippen LogP contribution in [0.5, 0.6) is 0 Å². The van der Waals surface area contributed by atoms with Crippen LogP contribution >= 0.6 is 0 Å². The molecule has 0 aliphatic carbocycles. The first-order valence-corrected chi connectivity index (χ1v) is 24.2. The molecule has 3 heterocycles. The minimum Gasteiger partial charge on any atom is -0.524 e. The predicted octanol–water partition coefficient (Wildman–Crippen LogP) is 5.22. The Bertz CT molecular complexity index is 933. The second kappa shape index (κ2) is 20.3. The van der Waals surface area contributed by atoms with E-state index in [1.807, 2.05) is 41.5 Å². The van der Waals surface area contributed by atoms with Crippen LogP contribution in [0.15, 0.2) is 0 Å². The Morgan fingerprint density at radius 1 is 0.481 bits per heavy atom. The molecule has 0 aromatic rings. The van der Waals surface area contributed by atoms with E-state index in [4.69, 9.17) is 37.3 Å². The molecular weight excluding hydrogens is 678 g/mol. The van der Waals surface area contributed by atoms with Crippen molar-refractivity contribution in [2.75, 3.05) is 13.2 Å². The van der Waals surface area contributed by atoms with E-state index in [0.717, 1.165) is 18.6 Å². The van der Waals surface area contributed by atoms with Gasteiger partial charge in [0, 0.05) is 12.2 Å². The van der Waals surface area contributed by atoms with Crippen LogP contribution in [0.25, 0.3) is 0 Å². The molecule has 4 atom stereocenters. The van der Waals surface area contributed by atoms with Crippen LogP contribution in [-0.4, -0.2) is 71.6 Å². The van der Waals surface area contributed by atoms with Gasteiger partial charge in [0.05, 0.1) is 25.4 Å². The molecule has 3 saturated heterocycles. The van der Waals surface area contributed by atoms with Crippen molar-refractivity contribution >= 4 is 16.6 Å². The van der Waals surface area contributed by atoms with Crippen molar-refractivity contribution in [1.82, 2.24) is 0 Å². The zero-order valence-electron chi connectivity index (χ0n) is 37.5. The Hall–Kier alpha value is 1.31. The van der Waals surface area contributed by atoms with Gasteiger partial charge in [-0.3, -0.25) is 0 Å². The van der Waals surface area contributed by atoms with E-state index in [9.17, 15) is 0 Å². The summed E-state index contributed by atoms with van der Waals surface area (Å²) in [6, 6.07) is 0. The predicted molar refractivity (Wildman–Crippen MR) is 207 cm³/mol. The quantitative estimate of drug-likeness (QED) is 0.157. The topological polar surface area (TPSA) is 73.8 Å². The Morgan fingerprint density at radius 3 is 1.02 bits per heavy atom. The smallest absolute Gasteiger partial charge is 0.524 e. The summed E-state index contributed by atoms with van der Waals surface area (Å²) in [5.74, 6) is -2.18. The van der Waals surface area contributed by atoms with Crippen LogP contribution in [-0.2, 0) is 37.3 Å². The van der Waals surface area contributed by atoms with Gasteiger partial charge in [-0.2, -0.15) is 12.2 Å². The number of hydrogen-bond acceptors (Lipinski definition) is 8. The van der Waals surface area contributed by atoms with Crippen LogP contribution < -0.4 is 37.7 Å². The molecule has 0 aromatic heterocycles. The van der Waals surface area contributed by atoms with Crippen LogP contribution in [0, 0.1) is 12.2 Å². The standard InChI is InChI=1S/C40H78O8Si2.2Li/c1-26(2)49(27(3)4,28(5)6)41-24-36-22-34(45-39(15,16)47-36)20-32-19-33(44-38(13,14)43-32)21-35-23-37(48-40(17,18)46-35)25-42-50(29(7)8,30(9)10)31(11)12;;/h26-33,36-37H,19-25H2,1-18H3;;/q-2;2*+1/t32-,33-,36+,37?;;/m1../s1. The summed E-state index contributed by atoms with van der Waals surface area (Å²) < 4.78 is 52.8. The van der Waals surface area contributed by atoms with E-state index in [-0.39, 0.29) is 62.1 Å². The third-order valence-electron chi connectivity index (χ3n) is 11.4. The van der Waals surface area contributed by atoms with Gasteiger partial charge in [-0.25, -0.2) is 0 Å². The minimum absolute atomic E-state index is 0. The molecule has 3 fully saturated rings. The van der Waals surface area contributed by atoms with Gasteiger partial charge in [-0.1, -0.05) is 83.1 Å². The molecule has 3 aliphatic heterocycles. The summed E-state index contributed by atoms with van der Waals surface area (Å²) in [5, 5.41) is 0. The van der Waals surface area contributed by atoms with Gasteiger partial charge in [0.15, 0.2) is 22.4 Å². The summed E-state index contributed by atoms with van der Waals surface area (Å²) in [4.78, 5) is 0. The van der Waals surface area contributed by atoms with Crippen LogP contribution in [0.2, 0.25) is 33.2 Å². The molecule has 0 aromatic carbocycles. The molecule has 0 saturated carbocycles. The summed E-state index contributed by atoms with van der Waals surface area (Å²) in [6.07, 6.45) is 5.37. The Balaban J connectivity index is 0.00000676. The van der Waals surface area contributed by atoms with E-state index in [1.54, 1.807) is 0 Å². The summed E-state index contributed by atoms with van der Waals surface area (Å²) in [5.41, 5.74) is 3.14. The SMILES string of the molecule is CC(C)[Si](OCC1C[C-](C[C@H]2C[C@H](C[C-]3C[C@@H](CO[Si](C(C)C)(C(C)C)C(C)C)OC(C)(C)O3)OC(C)(C)O2)OC(C)(C)O1)(C(C)C)C(C)C.[Li+].[Li+]. The normalized spacial score (nSPS) is 27.5. The van der Waals surface area contributed by atoms with Gasteiger partial charge in [0.2, 0.25) is 0 Å². The van der Waals surface area contributed by atoms with Crippen molar-refractivity contribution in [3.8, 4) is 0 Å². The first kappa shape index (κ1) is 51.3. The largest absolute Gasteiger partial charge is 1.00 e. The number of hydrogen-bond donors (Lipinski definition) is 0. The Kier molecular flexibility index (Phi) is 20.1. The van der Waals surface area contributed by atoms with E-state index < -0.39 is 34.0 Å². The van der Waals surface area contributed by atoms with Gasteiger partial charge in [0.1, 0.15) is 11.6 Å². The molecule has 296 valence electrons. The third kappa shape index (κ3) is 13.2. The van der Waals surface area contributed by atoms with E-state index in [2.05, 4.69) is 83.1 Å². The number of ether oxygens (including phenoxy) is 6. The van der Waals surface area contributed by atoms with Gasteiger partial charge >= 0.3 is 37.7 Å². The average Bonchev–Trinajstić information content (AvgIpc) is 2.89. The fourth-order valence-electron chi connectivity index (χ4n) is 10.1. The Morgan fingerprint density at radius 2 is 0.750 bits per heavy atom. The van der Waals surface area contributed by atoms with Crippen LogP contribution in [0.3, 0.4) is 0 Å². The van der Waals surface area contributed by atoms with Gasteiger partial charge in [-0.15, -0.1) is 25.7 Å². The van der Waals surface area contributed by atoms with E-state index >= 15 is 0 Å². The summed E-state index contributed by atoms with van der Waals surface area (Å²) >= 11 is 0. The molecule has 0 N–H and O–H groups in total. The molecule has 52 heavy (non-hydrogen) atoms. The van der Waals surface area contributed by atoms with E-state index in [1.165, 1.54) is 0 Å². The van der Waals surface area contributed by atoms with Gasteiger partial charge in [0.25, 0.3) is 0 Å². The van der Waals surface area contributed by atoms with Crippen molar-refractivity contribution in [3.63, 3.8) is 0 Å². The summed E-state index contributed by atoms with van der Waals surface area (Å²) in [7, 11) is -4.04. The molecule has 12 heteroatoms. The zero-order valence-corrected chi connectivity index (χ0v) is 39.5. The third-order valence-corrected chi connectivity index (χ3v) is 23.5. The van der Waals surface area contributed by atoms with Crippen molar-refractivity contribution in [2.45, 2.75) is 232 Å². The molecule has 1 unspecified atom stereocenters. The second-order valence-electron chi connectivity index (χ2n) is 18.7. The maximum Gasteiger partial charge on any atom is 1.00 e. The zero-order chi connectivity index (χ0) is 38.0. The molecular formula is C40H78Li2O8Si2. The van der Waals surface area contributed by atoms with Crippen molar-refractivity contribution in [1.29, 1.82) is 0 Å². The van der Waals surface area contributed by atoms with Crippen LogP contribution in [0.1, 0.15) is 157 Å². The average molecular weight is 757 g/mol. The first-order valence-electron chi connectivity index (χ1n) is 19.9. The van der Waals surface area contributed by atoms with E-state index in [0.29, 0.717) is 72.1 Å². The molecule has 3 rings (SSSR count). The number of rotatable bonds is 16. The molecule has 0 spiro atoms. The fourth-order valence-corrected chi connectivity index (χ4v) is 21.1. The fraction of sp³-hybridized carbons (Fsp3) is 0.950. The summed E-state index contributed by atoms with van der Waals surface area (Å²) in [6.45, 7) is 41.2. The minimum atomic E-state index is -2.02. The van der Waals surface area contributed by atoms with Crippen molar-refractivity contribution in [3.05, 3.63) is 12.2 Å². The van der Waals surface area contributed by atoms with Crippen molar-refractivity contribution in [2.24, 2.45) is 0 Å². The Labute approximate surface area is 346 Å². The second-order valence-corrected chi connectivity index (χ2v) is 29.7. The van der Waals surface area contributed by atoms with Gasteiger partial charge in [-0.05, 0) is 81.2 Å². The maximum absolute atomic E-state index is 6.98. The molecule has 8 nitrogen and oxygen atoms in total. The van der Waals surface area contributed by atoms with Gasteiger partial charge < -0.3 is 37.3 Å². The molecule has 0 radical (unpaired) electrons. The first-order chi connectivity index (χ1) is 22.8. The molecule has 3 aliphatic rings. The van der Waals surface area contributed by atoms with Crippen molar-refractivity contribution < 1.29 is 75.0 Å². The molecule has 0 bridgehead atoms.